The molecule has 0 fully saturated rings. The van der Waals surface area contributed by atoms with E-state index in [0.29, 0.717) is 9.79 Å². The van der Waals surface area contributed by atoms with Gasteiger partial charge in [-0.2, -0.15) is 0 Å². The molecule has 0 saturated heterocycles. The van der Waals surface area contributed by atoms with Crippen LogP contribution in [0.3, 0.4) is 0 Å². The Morgan fingerprint density at radius 2 is 1.48 bits per heavy atom. The van der Waals surface area contributed by atoms with E-state index in [1.54, 1.807) is 22.9 Å². The second-order valence-corrected chi connectivity index (χ2v) is 7.64. The van der Waals surface area contributed by atoms with Crippen LogP contribution in [-0.4, -0.2) is 13.1 Å². The number of benzene rings is 3. The summed E-state index contributed by atoms with van der Waals surface area (Å²) in [5.41, 5.74) is 3.19. The predicted molar refractivity (Wildman–Crippen MR) is 90.5 cm³/mol. The monoisotopic (exact) mass is 320 g/mol. The zero-order valence-electron chi connectivity index (χ0n) is 12.0. The van der Waals surface area contributed by atoms with E-state index in [2.05, 4.69) is 0 Å². The Labute approximate surface area is 132 Å². The average Bonchev–Trinajstić information content (AvgIpc) is 2.98. The van der Waals surface area contributed by atoms with Crippen LogP contribution >= 0.6 is 0 Å². The summed E-state index contributed by atoms with van der Waals surface area (Å²) in [6, 6.07) is 18.5. The van der Waals surface area contributed by atoms with Crippen molar-refractivity contribution in [2.75, 3.05) is 5.84 Å². The number of nitrogens with zero attached hydrogens (tertiary/aromatic N) is 1. The molecule has 0 aliphatic carbocycles. The van der Waals surface area contributed by atoms with Gasteiger partial charge in [-0.05, 0) is 24.3 Å². The van der Waals surface area contributed by atoms with E-state index in [1.807, 2.05) is 42.5 Å². The normalized spacial score (nSPS) is 15.0. The molecule has 5 rings (SSSR count). The first-order valence-electron chi connectivity index (χ1n) is 7.26. The standard InChI is InChI=1S/C18H12N2O2S/c19-20-15-7-3-1-5-11(15)13-10-18-14(9-16(13)20)12-6-2-4-8-17(12)23(18,21)22/h1-10H,19H2. The molecule has 4 aromatic rings. The Kier molecular flexibility index (Phi) is 2.18. The third-order valence-corrected chi connectivity index (χ3v) is 6.42. The van der Waals surface area contributed by atoms with Gasteiger partial charge in [-0.1, -0.05) is 36.4 Å². The minimum atomic E-state index is -3.47. The molecular weight excluding hydrogens is 308 g/mol. The summed E-state index contributed by atoms with van der Waals surface area (Å²) < 4.78 is 27.3. The number of nitrogen functional groups attached to an aromatic ring is 1. The molecule has 2 N–H and O–H groups in total. The smallest absolute Gasteiger partial charge is 0.207 e. The lowest BCUT2D eigenvalue weighted by Crippen LogP contribution is -2.06. The molecule has 0 bridgehead atoms. The largest absolute Gasteiger partial charge is 0.339 e. The Bertz CT molecular complexity index is 1240. The fourth-order valence-electron chi connectivity index (χ4n) is 3.50. The van der Waals surface area contributed by atoms with E-state index < -0.39 is 9.84 Å². The summed E-state index contributed by atoms with van der Waals surface area (Å²) in [4.78, 5) is 0.734. The lowest BCUT2D eigenvalue weighted by Gasteiger charge is -2.02. The number of para-hydroxylation sites is 1. The van der Waals surface area contributed by atoms with Gasteiger partial charge in [0.15, 0.2) is 0 Å². The summed E-state index contributed by atoms with van der Waals surface area (Å²) in [7, 11) is -3.47. The molecule has 0 amide bonds. The quantitative estimate of drug-likeness (QED) is 0.445. The minimum Gasteiger partial charge on any atom is -0.339 e. The molecule has 2 heterocycles. The first-order chi connectivity index (χ1) is 11.1. The van der Waals surface area contributed by atoms with E-state index in [9.17, 15) is 8.42 Å². The molecule has 0 atom stereocenters. The van der Waals surface area contributed by atoms with Gasteiger partial charge in [0.05, 0.1) is 20.8 Å². The third-order valence-electron chi connectivity index (χ3n) is 4.57. The van der Waals surface area contributed by atoms with E-state index in [-0.39, 0.29) is 0 Å². The summed E-state index contributed by atoms with van der Waals surface area (Å²) in [6.07, 6.45) is 0. The van der Waals surface area contributed by atoms with Crippen molar-refractivity contribution >= 4 is 31.6 Å². The molecule has 0 spiro atoms. The van der Waals surface area contributed by atoms with Gasteiger partial charge < -0.3 is 5.84 Å². The fraction of sp³-hybridized carbons (Fsp3) is 0. The Morgan fingerprint density at radius 3 is 2.35 bits per heavy atom. The number of hydrogen-bond donors (Lipinski definition) is 1. The van der Waals surface area contributed by atoms with Crippen LogP contribution < -0.4 is 5.84 Å². The number of nitrogens with two attached hydrogens (primary N) is 1. The highest BCUT2D eigenvalue weighted by molar-refractivity contribution is 7.92. The van der Waals surface area contributed by atoms with Crippen molar-refractivity contribution in [2.24, 2.45) is 0 Å². The number of sulfone groups is 1. The van der Waals surface area contributed by atoms with Gasteiger partial charge >= 0.3 is 0 Å². The lowest BCUT2D eigenvalue weighted by atomic mass is 10.0. The van der Waals surface area contributed by atoms with E-state index in [0.717, 1.165) is 32.9 Å². The van der Waals surface area contributed by atoms with Crippen LogP contribution in [0.2, 0.25) is 0 Å². The second kappa shape index (κ2) is 3.94. The fourth-order valence-corrected chi connectivity index (χ4v) is 5.19. The first-order valence-corrected chi connectivity index (χ1v) is 8.74. The molecule has 1 aromatic heterocycles. The highest BCUT2D eigenvalue weighted by atomic mass is 32.2. The van der Waals surface area contributed by atoms with Gasteiger partial charge in [-0.25, -0.2) is 8.42 Å². The van der Waals surface area contributed by atoms with Crippen molar-refractivity contribution in [3.63, 3.8) is 0 Å². The van der Waals surface area contributed by atoms with Gasteiger partial charge in [0.25, 0.3) is 0 Å². The van der Waals surface area contributed by atoms with Crippen LogP contribution in [0.15, 0.2) is 70.5 Å². The van der Waals surface area contributed by atoms with Crippen LogP contribution in [0.5, 0.6) is 0 Å². The predicted octanol–water partition coefficient (Wildman–Crippen LogP) is 3.32. The summed E-state index contributed by atoms with van der Waals surface area (Å²) in [5.74, 6) is 6.22. The number of hydrogen-bond acceptors (Lipinski definition) is 3. The van der Waals surface area contributed by atoms with Gasteiger partial charge in [0.1, 0.15) is 0 Å². The molecule has 23 heavy (non-hydrogen) atoms. The van der Waals surface area contributed by atoms with Crippen molar-refractivity contribution in [1.82, 2.24) is 4.68 Å². The third kappa shape index (κ3) is 1.42. The molecule has 3 aromatic carbocycles. The van der Waals surface area contributed by atoms with Crippen LogP contribution in [0.1, 0.15) is 0 Å². The molecule has 112 valence electrons. The van der Waals surface area contributed by atoms with Gasteiger partial charge in [-0.3, -0.25) is 4.68 Å². The lowest BCUT2D eigenvalue weighted by molar-refractivity contribution is 0.599. The average molecular weight is 320 g/mol. The molecule has 1 aliphatic heterocycles. The Morgan fingerprint density at radius 1 is 0.739 bits per heavy atom. The molecule has 5 heteroatoms. The SMILES string of the molecule is Nn1c2ccccc2c2cc3c(cc21)-c1ccccc1S3(=O)=O. The summed E-state index contributed by atoms with van der Waals surface area (Å²) >= 11 is 0. The van der Waals surface area contributed by atoms with Gasteiger partial charge in [0.2, 0.25) is 9.84 Å². The molecule has 0 unspecified atom stereocenters. The van der Waals surface area contributed by atoms with Crippen molar-refractivity contribution in [1.29, 1.82) is 0 Å². The van der Waals surface area contributed by atoms with Crippen molar-refractivity contribution in [3.05, 3.63) is 60.7 Å². The summed E-state index contributed by atoms with van der Waals surface area (Å²) in [5, 5.41) is 1.82. The molecule has 0 saturated carbocycles. The van der Waals surface area contributed by atoms with Gasteiger partial charge in [-0.15, -0.1) is 0 Å². The molecule has 1 aliphatic rings. The zero-order valence-corrected chi connectivity index (χ0v) is 12.8. The van der Waals surface area contributed by atoms with Crippen LogP contribution in [-0.2, 0) is 9.84 Å². The highest BCUT2D eigenvalue weighted by Gasteiger charge is 2.33. The molecule has 4 nitrogen and oxygen atoms in total. The highest BCUT2D eigenvalue weighted by Crippen LogP contribution is 2.45. The van der Waals surface area contributed by atoms with Crippen molar-refractivity contribution in [2.45, 2.75) is 9.79 Å². The number of rotatable bonds is 0. The zero-order chi connectivity index (χ0) is 15.8. The van der Waals surface area contributed by atoms with Crippen LogP contribution in [0, 0.1) is 0 Å². The topological polar surface area (TPSA) is 65.1 Å². The Balaban J connectivity index is 2.02. The van der Waals surface area contributed by atoms with Crippen LogP contribution in [0.25, 0.3) is 32.9 Å². The second-order valence-electron chi connectivity index (χ2n) is 5.75. The number of aromatic nitrogens is 1. The minimum absolute atomic E-state index is 0.363. The van der Waals surface area contributed by atoms with E-state index >= 15 is 0 Å². The maximum absolute atomic E-state index is 12.8. The maximum atomic E-state index is 12.8. The molecule has 0 radical (unpaired) electrons. The Hall–Kier alpha value is -2.79. The number of fused-ring (bicyclic) bond motifs is 6. The summed E-state index contributed by atoms with van der Waals surface area (Å²) in [6.45, 7) is 0. The van der Waals surface area contributed by atoms with Crippen molar-refractivity contribution in [3.8, 4) is 11.1 Å². The first kappa shape index (κ1) is 12.7. The van der Waals surface area contributed by atoms with E-state index in [4.69, 9.17) is 5.84 Å². The maximum Gasteiger partial charge on any atom is 0.207 e. The van der Waals surface area contributed by atoms with Gasteiger partial charge in [0, 0.05) is 21.9 Å². The molecular formula is C18H12N2O2S. The van der Waals surface area contributed by atoms with Crippen molar-refractivity contribution < 1.29 is 8.42 Å². The van der Waals surface area contributed by atoms with Crippen LogP contribution in [0.4, 0.5) is 0 Å². The van der Waals surface area contributed by atoms with E-state index in [1.165, 1.54) is 0 Å².